The number of anilines is 1. The summed E-state index contributed by atoms with van der Waals surface area (Å²) in [5.41, 5.74) is 0.899. The monoisotopic (exact) mass is 360 g/mol. The van der Waals surface area contributed by atoms with Gasteiger partial charge in [-0.1, -0.05) is 11.6 Å². The van der Waals surface area contributed by atoms with Crippen LogP contribution in [0.2, 0.25) is 5.02 Å². The van der Waals surface area contributed by atoms with Gasteiger partial charge in [0.2, 0.25) is 11.8 Å². The van der Waals surface area contributed by atoms with Crippen molar-refractivity contribution in [2.24, 2.45) is 23.2 Å². The van der Waals surface area contributed by atoms with E-state index >= 15 is 0 Å². The Hall–Kier alpha value is -1.55. The molecule has 0 spiro atoms. The quantitative estimate of drug-likeness (QED) is 0.833. The molecule has 0 saturated heterocycles. The zero-order chi connectivity index (χ0) is 17.4. The Morgan fingerprint density at radius 1 is 0.960 bits per heavy atom. The van der Waals surface area contributed by atoms with Crippen LogP contribution >= 0.6 is 11.6 Å². The van der Waals surface area contributed by atoms with Crippen LogP contribution in [0.25, 0.3) is 0 Å². The van der Waals surface area contributed by atoms with Gasteiger partial charge in [-0.3, -0.25) is 9.59 Å². The highest BCUT2D eigenvalue weighted by Gasteiger charge is 2.51. The lowest BCUT2D eigenvalue weighted by atomic mass is 9.49. The fourth-order valence-corrected chi connectivity index (χ4v) is 5.95. The smallest absolute Gasteiger partial charge is 0.243 e. The van der Waals surface area contributed by atoms with Crippen LogP contribution in [0.4, 0.5) is 5.69 Å². The third kappa shape index (κ3) is 3.84. The minimum Gasteiger partial charge on any atom is -0.347 e. The molecule has 4 fully saturated rings. The van der Waals surface area contributed by atoms with Crippen LogP contribution in [0, 0.1) is 23.2 Å². The molecule has 4 aliphatic carbocycles. The van der Waals surface area contributed by atoms with E-state index in [0.717, 1.165) is 17.8 Å². The fraction of sp³-hybridized carbons (Fsp3) is 0.600. The van der Waals surface area contributed by atoms with Crippen molar-refractivity contribution in [3.63, 3.8) is 0 Å². The summed E-state index contributed by atoms with van der Waals surface area (Å²) in [4.78, 5) is 24.4. The molecule has 1 aromatic carbocycles. The standard InChI is InChI=1S/C20H25ClN2O2/c21-16-1-3-17(4-2-16)23-19(25)12-22-18(24)11-20-8-13-5-14(9-20)7-15(6-13)10-20/h1-4,13-15H,5-12H2,(H,22,24)(H,23,25). The van der Waals surface area contributed by atoms with Crippen molar-refractivity contribution in [3.8, 4) is 0 Å². The predicted octanol–water partition coefficient (Wildman–Crippen LogP) is 4.00. The molecule has 5 heteroatoms. The SMILES string of the molecule is O=C(CC12CC3CC(CC(C3)C1)C2)NCC(=O)Nc1ccc(Cl)cc1. The summed E-state index contributed by atoms with van der Waals surface area (Å²) >= 11 is 5.83. The normalized spacial score (nSPS) is 32.4. The maximum Gasteiger partial charge on any atom is 0.243 e. The first kappa shape index (κ1) is 16.9. The van der Waals surface area contributed by atoms with E-state index in [4.69, 9.17) is 11.6 Å². The third-order valence-electron chi connectivity index (χ3n) is 6.27. The molecule has 4 saturated carbocycles. The number of hydrogen-bond acceptors (Lipinski definition) is 2. The van der Waals surface area contributed by atoms with Gasteiger partial charge in [0, 0.05) is 17.1 Å². The zero-order valence-electron chi connectivity index (χ0n) is 14.4. The maximum absolute atomic E-state index is 12.4. The van der Waals surface area contributed by atoms with Gasteiger partial charge in [-0.25, -0.2) is 0 Å². The van der Waals surface area contributed by atoms with E-state index in [2.05, 4.69) is 10.6 Å². The summed E-state index contributed by atoms with van der Waals surface area (Å²) in [7, 11) is 0. The minimum atomic E-state index is -0.207. The highest BCUT2D eigenvalue weighted by Crippen LogP contribution is 2.61. The first-order valence-electron chi connectivity index (χ1n) is 9.32. The van der Waals surface area contributed by atoms with Crippen LogP contribution in [0.1, 0.15) is 44.9 Å². The molecule has 134 valence electrons. The zero-order valence-corrected chi connectivity index (χ0v) is 15.1. The molecule has 4 aliphatic rings. The number of carbonyl (C=O) groups excluding carboxylic acids is 2. The number of hydrogen-bond donors (Lipinski definition) is 2. The molecule has 0 heterocycles. The van der Waals surface area contributed by atoms with Crippen molar-refractivity contribution >= 4 is 29.1 Å². The molecule has 25 heavy (non-hydrogen) atoms. The Bertz CT molecular complexity index is 635. The number of benzene rings is 1. The van der Waals surface area contributed by atoms with Crippen molar-refractivity contribution in [3.05, 3.63) is 29.3 Å². The number of amides is 2. The Morgan fingerprint density at radius 2 is 1.52 bits per heavy atom. The summed E-state index contributed by atoms with van der Waals surface area (Å²) in [6, 6.07) is 6.95. The lowest BCUT2D eigenvalue weighted by molar-refractivity contribution is -0.131. The second-order valence-electron chi connectivity index (χ2n) is 8.43. The number of halogens is 1. The summed E-state index contributed by atoms with van der Waals surface area (Å²) in [5.74, 6) is 2.33. The van der Waals surface area contributed by atoms with Gasteiger partial charge < -0.3 is 10.6 Å². The Labute approximate surface area is 153 Å². The van der Waals surface area contributed by atoms with E-state index in [9.17, 15) is 9.59 Å². The van der Waals surface area contributed by atoms with Crippen LogP contribution in [0.5, 0.6) is 0 Å². The van der Waals surface area contributed by atoms with Crippen molar-refractivity contribution in [1.29, 1.82) is 0 Å². The van der Waals surface area contributed by atoms with Crippen LogP contribution in [0.15, 0.2) is 24.3 Å². The highest BCUT2D eigenvalue weighted by atomic mass is 35.5. The Morgan fingerprint density at radius 3 is 2.08 bits per heavy atom. The molecule has 2 amide bonds. The van der Waals surface area contributed by atoms with E-state index in [1.165, 1.54) is 38.5 Å². The largest absolute Gasteiger partial charge is 0.347 e. The third-order valence-corrected chi connectivity index (χ3v) is 6.53. The molecule has 4 nitrogen and oxygen atoms in total. The fourth-order valence-electron chi connectivity index (χ4n) is 5.83. The minimum absolute atomic E-state index is 0.0215. The second kappa shape index (κ2) is 6.64. The van der Waals surface area contributed by atoms with E-state index in [-0.39, 0.29) is 23.8 Å². The van der Waals surface area contributed by atoms with Gasteiger partial charge in [0.15, 0.2) is 0 Å². The van der Waals surface area contributed by atoms with Crippen molar-refractivity contribution in [2.75, 3.05) is 11.9 Å². The van der Waals surface area contributed by atoms with Gasteiger partial charge in [0.05, 0.1) is 6.54 Å². The van der Waals surface area contributed by atoms with Crippen LogP contribution in [-0.2, 0) is 9.59 Å². The van der Waals surface area contributed by atoms with Gasteiger partial charge >= 0.3 is 0 Å². The Balaban J connectivity index is 1.26. The van der Waals surface area contributed by atoms with E-state index in [1.807, 2.05) is 0 Å². The average molecular weight is 361 g/mol. The van der Waals surface area contributed by atoms with Crippen molar-refractivity contribution in [1.82, 2.24) is 5.32 Å². The summed E-state index contributed by atoms with van der Waals surface area (Å²) in [6.07, 6.45) is 8.36. The van der Waals surface area contributed by atoms with E-state index < -0.39 is 0 Å². The molecule has 4 bridgehead atoms. The first-order chi connectivity index (χ1) is 12.0. The number of carbonyl (C=O) groups is 2. The lowest BCUT2D eigenvalue weighted by Crippen LogP contribution is -2.48. The maximum atomic E-state index is 12.4. The molecule has 0 aliphatic heterocycles. The van der Waals surface area contributed by atoms with Gasteiger partial charge in [-0.05, 0) is 86.0 Å². The van der Waals surface area contributed by atoms with Crippen molar-refractivity contribution in [2.45, 2.75) is 44.9 Å². The van der Waals surface area contributed by atoms with Crippen LogP contribution in [0.3, 0.4) is 0 Å². The van der Waals surface area contributed by atoms with Gasteiger partial charge in [0.25, 0.3) is 0 Å². The molecule has 0 aromatic heterocycles. The molecule has 5 rings (SSSR count). The lowest BCUT2D eigenvalue weighted by Gasteiger charge is -2.56. The summed E-state index contributed by atoms with van der Waals surface area (Å²) in [5, 5.41) is 6.21. The van der Waals surface area contributed by atoms with Crippen LogP contribution < -0.4 is 10.6 Å². The van der Waals surface area contributed by atoms with E-state index in [1.54, 1.807) is 24.3 Å². The van der Waals surface area contributed by atoms with Gasteiger partial charge in [0.1, 0.15) is 0 Å². The van der Waals surface area contributed by atoms with Gasteiger partial charge in [-0.15, -0.1) is 0 Å². The van der Waals surface area contributed by atoms with Crippen molar-refractivity contribution < 1.29 is 9.59 Å². The molecule has 0 atom stereocenters. The van der Waals surface area contributed by atoms with E-state index in [0.29, 0.717) is 17.1 Å². The molecule has 0 radical (unpaired) electrons. The van der Waals surface area contributed by atoms with Crippen LogP contribution in [-0.4, -0.2) is 18.4 Å². The topological polar surface area (TPSA) is 58.2 Å². The molecule has 0 unspecified atom stereocenters. The van der Waals surface area contributed by atoms with Gasteiger partial charge in [-0.2, -0.15) is 0 Å². The molecule has 2 N–H and O–H groups in total. The summed E-state index contributed by atoms with van der Waals surface area (Å²) in [6.45, 7) is 0.0217. The molecule has 1 aromatic rings. The number of rotatable bonds is 5. The molecular weight excluding hydrogens is 336 g/mol. The number of nitrogens with one attached hydrogen (secondary N) is 2. The average Bonchev–Trinajstić information content (AvgIpc) is 2.53. The Kier molecular flexibility index (Phi) is 4.48. The summed E-state index contributed by atoms with van der Waals surface area (Å²) < 4.78 is 0. The second-order valence-corrected chi connectivity index (χ2v) is 8.86. The molecular formula is C20H25ClN2O2. The highest BCUT2D eigenvalue weighted by molar-refractivity contribution is 6.30. The first-order valence-corrected chi connectivity index (χ1v) is 9.70. The predicted molar refractivity (Wildman–Crippen MR) is 98.3 cm³/mol.